The predicted molar refractivity (Wildman–Crippen MR) is 200 cm³/mol. The fourth-order valence-corrected chi connectivity index (χ4v) is 7.87. The molecule has 48 heavy (non-hydrogen) atoms. The van der Waals surface area contributed by atoms with E-state index in [9.17, 15) is 5.26 Å². The second kappa shape index (κ2) is 10.2. The van der Waals surface area contributed by atoms with Gasteiger partial charge in [-0.15, -0.1) is 0 Å². The zero-order valence-electron chi connectivity index (χ0n) is 25.9. The maximum atomic E-state index is 9.58. The molecule has 3 heteroatoms. The number of para-hydroxylation sites is 3. The molecule has 0 aliphatic carbocycles. The molecule has 0 unspecified atom stereocenters. The highest BCUT2D eigenvalue weighted by molar-refractivity contribution is 6.26. The summed E-state index contributed by atoms with van der Waals surface area (Å²) in [5.41, 5.74) is 8.72. The summed E-state index contributed by atoms with van der Waals surface area (Å²) in [5, 5.41) is 20.4. The monoisotopic (exact) mass is 609 g/mol. The van der Waals surface area contributed by atoms with Crippen molar-refractivity contribution in [2.75, 3.05) is 0 Å². The summed E-state index contributed by atoms with van der Waals surface area (Å²) < 4.78 is 4.94. The van der Waals surface area contributed by atoms with E-state index in [4.69, 9.17) is 0 Å². The summed E-state index contributed by atoms with van der Waals surface area (Å²) >= 11 is 0. The summed E-state index contributed by atoms with van der Waals surface area (Å²) in [6, 6.07) is 60.8. The lowest BCUT2D eigenvalue weighted by Crippen LogP contribution is -2.04. The van der Waals surface area contributed by atoms with Gasteiger partial charge in [-0.2, -0.15) is 5.26 Å². The molecule has 8 aromatic carbocycles. The van der Waals surface area contributed by atoms with Crippen LogP contribution in [0.15, 0.2) is 164 Å². The quantitative estimate of drug-likeness (QED) is 0.183. The third-order valence-corrected chi connectivity index (χ3v) is 9.88. The molecular formula is C45H27N3. The molecule has 0 N–H and O–H groups in total. The van der Waals surface area contributed by atoms with Gasteiger partial charge in [-0.05, 0) is 81.2 Å². The number of fused-ring (bicyclic) bond motifs is 8. The van der Waals surface area contributed by atoms with Crippen LogP contribution in [0.3, 0.4) is 0 Å². The summed E-state index contributed by atoms with van der Waals surface area (Å²) in [4.78, 5) is 0. The van der Waals surface area contributed by atoms with Gasteiger partial charge in [0.1, 0.15) is 5.65 Å². The Hall–Kier alpha value is -6.63. The van der Waals surface area contributed by atoms with Crippen molar-refractivity contribution in [1.82, 2.24) is 9.13 Å². The maximum Gasteiger partial charge on any atom is 0.131 e. The number of aromatic nitrogens is 2. The molecular weight excluding hydrogens is 583 g/mol. The lowest BCUT2D eigenvalue weighted by Gasteiger charge is -2.21. The standard InChI is InChI=1S/C45H27N3/c46-28-29-22-24-30(25-23-29)42-34-16-6-7-17-35(34)44(39-27-32-13-5-4-12-31(32)26-38(39)42)48-41-21-11-9-19-37(41)43-36-18-8-10-20-40(36)47(45(43)48)33-14-2-1-3-15-33/h1-27H. The van der Waals surface area contributed by atoms with Gasteiger partial charge in [0.15, 0.2) is 0 Å². The first-order valence-corrected chi connectivity index (χ1v) is 16.3. The van der Waals surface area contributed by atoms with Crippen molar-refractivity contribution >= 4 is 65.2 Å². The van der Waals surface area contributed by atoms with Crippen LogP contribution in [-0.4, -0.2) is 9.13 Å². The molecule has 0 bridgehead atoms. The van der Waals surface area contributed by atoms with Gasteiger partial charge in [-0.25, -0.2) is 0 Å². The van der Waals surface area contributed by atoms with Crippen molar-refractivity contribution < 1.29 is 0 Å². The van der Waals surface area contributed by atoms with Gasteiger partial charge in [-0.3, -0.25) is 9.13 Å². The SMILES string of the molecule is N#Cc1ccc(-c2c3ccccc3c(-n3c4ccccc4c4c5ccccc5n(-c5ccccc5)c43)c3cc4ccccc4cc23)cc1. The Morgan fingerprint density at radius 2 is 0.979 bits per heavy atom. The Bertz CT molecular complexity index is 2940. The topological polar surface area (TPSA) is 33.6 Å². The Labute approximate surface area is 276 Å². The molecule has 0 radical (unpaired) electrons. The lowest BCUT2D eigenvalue weighted by atomic mass is 9.88. The van der Waals surface area contributed by atoms with Crippen LogP contribution in [0.1, 0.15) is 5.56 Å². The van der Waals surface area contributed by atoms with Crippen molar-refractivity contribution in [1.29, 1.82) is 5.26 Å². The highest BCUT2D eigenvalue weighted by Crippen LogP contribution is 2.47. The molecule has 0 fully saturated rings. The number of hydrogen-bond acceptors (Lipinski definition) is 1. The lowest BCUT2D eigenvalue weighted by molar-refractivity contribution is 1.08. The zero-order chi connectivity index (χ0) is 31.8. The smallest absolute Gasteiger partial charge is 0.131 e. The Balaban J connectivity index is 1.48. The third kappa shape index (κ3) is 3.69. The third-order valence-electron chi connectivity index (χ3n) is 9.88. The van der Waals surface area contributed by atoms with Gasteiger partial charge in [-0.1, -0.05) is 115 Å². The average molecular weight is 610 g/mol. The second-order valence-electron chi connectivity index (χ2n) is 12.4. The Morgan fingerprint density at radius 1 is 0.438 bits per heavy atom. The van der Waals surface area contributed by atoms with Crippen LogP contribution in [0, 0.1) is 11.3 Å². The Kier molecular flexibility index (Phi) is 5.64. The van der Waals surface area contributed by atoms with Crippen molar-refractivity contribution in [3.8, 4) is 28.6 Å². The van der Waals surface area contributed by atoms with E-state index in [0.29, 0.717) is 5.56 Å². The van der Waals surface area contributed by atoms with Crippen LogP contribution >= 0.6 is 0 Å². The van der Waals surface area contributed by atoms with Crippen molar-refractivity contribution in [2.45, 2.75) is 0 Å². The number of benzene rings is 8. The van der Waals surface area contributed by atoms with E-state index >= 15 is 0 Å². The minimum absolute atomic E-state index is 0.657. The van der Waals surface area contributed by atoms with Crippen molar-refractivity contribution in [3.63, 3.8) is 0 Å². The number of nitrogens with zero attached hydrogens (tertiary/aromatic N) is 3. The molecule has 0 amide bonds. The first-order chi connectivity index (χ1) is 23.8. The molecule has 2 aromatic heterocycles. The number of hydrogen-bond donors (Lipinski definition) is 0. The summed E-state index contributed by atoms with van der Waals surface area (Å²) in [6.07, 6.45) is 0. The molecule has 2 heterocycles. The van der Waals surface area contributed by atoms with E-state index in [1.165, 1.54) is 65.1 Å². The van der Waals surface area contributed by atoms with Gasteiger partial charge >= 0.3 is 0 Å². The van der Waals surface area contributed by atoms with Gasteiger partial charge in [0.05, 0.1) is 28.4 Å². The minimum atomic E-state index is 0.657. The minimum Gasteiger partial charge on any atom is -0.295 e. The number of rotatable bonds is 3. The largest absolute Gasteiger partial charge is 0.295 e. The van der Waals surface area contributed by atoms with E-state index in [-0.39, 0.29) is 0 Å². The maximum absolute atomic E-state index is 9.58. The highest BCUT2D eigenvalue weighted by atomic mass is 15.1. The fraction of sp³-hybridized carbons (Fsp3) is 0. The average Bonchev–Trinajstić information content (AvgIpc) is 3.66. The van der Waals surface area contributed by atoms with Crippen molar-refractivity contribution in [2.24, 2.45) is 0 Å². The summed E-state index contributed by atoms with van der Waals surface area (Å²) in [6.45, 7) is 0. The van der Waals surface area contributed by atoms with Crippen LogP contribution < -0.4 is 0 Å². The first-order valence-electron chi connectivity index (χ1n) is 16.3. The van der Waals surface area contributed by atoms with Gasteiger partial charge < -0.3 is 0 Å². The van der Waals surface area contributed by atoms with Crippen LogP contribution in [0.4, 0.5) is 0 Å². The second-order valence-corrected chi connectivity index (χ2v) is 12.4. The zero-order valence-corrected chi connectivity index (χ0v) is 25.9. The molecule has 0 saturated carbocycles. The molecule has 0 spiro atoms. The van der Waals surface area contributed by atoms with E-state index < -0.39 is 0 Å². The first kappa shape index (κ1) is 26.6. The van der Waals surface area contributed by atoms with Crippen LogP contribution in [0.5, 0.6) is 0 Å². The molecule has 0 aliphatic rings. The molecule has 3 nitrogen and oxygen atoms in total. The van der Waals surface area contributed by atoms with E-state index in [1.54, 1.807) is 0 Å². The molecule has 222 valence electrons. The van der Waals surface area contributed by atoms with E-state index in [2.05, 4.69) is 167 Å². The fourth-order valence-electron chi connectivity index (χ4n) is 7.87. The molecule has 0 aliphatic heterocycles. The van der Waals surface area contributed by atoms with Crippen LogP contribution in [0.2, 0.25) is 0 Å². The molecule has 10 rings (SSSR count). The van der Waals surface area contributed by atoms with Gasteiger partial charge in [0.2, 0.25) is 0 Å². The van der Waals surface area contributed by atoms with E-state index in [1.807, 2.05) is 12.1 Å². The predicted octanol–water partition coefficient (Wildman–Crippen LogP) is 11.7. The van der Waals surface area contributed by atoms with Gasteiger partial charge in [0, 0.05) is 32.6 Å². The van der Waals surface area contributed by atoms with Crippen LogP contribution in [-0.2, 0) is 0 Å². The van der Waals surface area contributed by atoms with Crippen molar-refractivity contribution in [3.05, 3.63) is 169 Å². The van der Waals surface area contributed by atoms with Crippen LogP contribution in [0.25, 0.3) is 87.7 Å². The molecule has 10 aromatic rings. The Morgan fingerprint density at radius 3 is 1.65 bits per heavy atom. The number of nitriles is 1. The highest BCUT2D eigenvalue weighted by Gasteiger charge is 2.25. The summed E-state index contributed by atoms with van der Waals surface area (Å²) in [5.74, 6) is 0. The summed E-state index contributed by atoms with van der Waals surface area (Å²) in [7, 11) is 0. The van der Waals surface area contributed by atoms with Gasteiger partial charge in [0.25, 0.3) is 0 Å². The molecule has 0 saturated heterocycles. The molecule has 0 atom stereocenters. The van der Waals surface area contributed by atoms with E-state index in [0.717, 1.165) is 22.6 Å². The normalized spacial score (nSPS) is 11.7.